The number of primary sulfonamides is 1. The molecule has 1 saturated carbocycles. The molecule has 0 heterocycles. The number of rotatable bonds is 5. The highest BCUT2D eigenvalue weighted by molar-refractivity contribution is 7.89. The minimum Gasteiger partial charge on any atom is -0.356 e. The number of halogens is 1. The summed E-state index contributed by atoms with van der Waals surface area (Å²) < 4.78 is 22.3. The Morgan fingerprint density at radius 3 is 2.36 bits per heavy atom. The van der Waals surface area contributed by atoms with E-state index in [1.807, 2.05) is 0 Å². The zero-order chi connectivity index (χ0) is 15.5. The highest BCUT2D eigenvalue weighted by Crippen LogP contribution is 2.23. The normalized spacial score (nSPS) is 21.2. The Balaban J connectivity index is 0.00000242. The van der Waals surface area contributed by atoms with Crippen LogP contribution >= 0.6 is 12.4 Å². The van der Waals surface area contributed by atoms with Gasteiger partial charge in [0.25, 0.3) is 0 Å². The minimum absolute atomic E-state index is 0. The van der Waals surface area contributed by atoms with Crippen LogP contribution < -0.4 is 16.2 Å². The summed E-state index contributed by atoms with van der Waals surface area (Å²) in [6.07, 6.45) is 3.17. The Morgan fingerprint density at radius 2 is 1.86 bits per heavy atom. The lowest BCUT2D eigenvalue weighted by molar-refractivity contribution is -0.124. The van der Waals surface area contributed by atoms with Gasteiger partial charge < -0.3 is 11.1 Å². The van der Waals surface area contributed by atoms with E-state index in [1.165, 1.54) is 12.1 Å². The topological polar surface area (TPSA) is 115 Å². The zero-order valence-corrected chi connectivity index (χ0v) is 13.8. The van der Waals surface area contributed by atoms with Crippen LogP contribution in [0.3, 0.4) is 0 Å². The first-order chi connectivity index (χ1) is 9.86. The summed E-state index contributed by atoms with van der Waals surface area (Å²) in [5.41, 5.74) is 6.74. The fraction of sp³-hybridized carbons (Fsp3) is 0.500. The number of hydrogen-bond donors (Lipinski definition) is 3. The number of carbonyl (C=O) groups is 1. The van der Waals surface area contributed by atoms with E-state index in [-0.39, 0.29) is 35.2 Å². The summed E-state index contributed by atoms with van der Waals surface area (Å²) >= 11 is 0. The van der Waals surface area contributed by atoms with Crippen LogP contribution in [0.1, 0.15) is 24.8 Å². The molecule has 1 amide bonds. The van der Waals surface area contributed by atoms with E-state index in [9.17, 15) is 13.2 Å². The van der Waals surface area contributed by atoms with Gasteiger partial charge in [-0.05, 0) is 43.4 Å². The number of carbonyl (C=O) groups excluding carboxylic acids is 1. The maximum absolute atomic E-state index is 11.9. The smallest absolute Gasteiger partial charge is 0.238 e. The van der Waals surface area contributed by atoms with Crippen molar-refractivity contribution in [2.45, 2.75) is 36.6 Å². The molecule has 2 rings (SSSR count). The van der Waals surface area contributed by atoms with E-state index in [1.54, 1.807) is 12.1 Å². The second-order valence-electron chi connectivity index (χ2n) is 5.50. The number of nitrogens with two attached hydrogens (primary N) is 2. The molecule has 1 aliphatic carbocycles. The quantitative estimate of drug-likeness (QED) is 0.721. The van der Waals surface area contributed by atoms with Gasteiger partial charge in [0.2, 0.25) is 15.9 Å². The van der Waals surface area contributed by atoms with E-state index < -0.39 is 10.0 Å². The summed E-state index contributed by atoms with van der Waals surface area (Å²) in [5.74, 6) is 0.0915. The first-order valence-electron chi connectivity index (χ1n) is 7.01. The van der Waals surface area contributed by atoms with Gasteiger partial charge in [0.1, 0.15) is 0 Å². The summed E-state index contributed by atoms with van der Waals surface area (Å²) in [6.45, 7) is 0.527. The molecular weight excluding hydrogens is 326 g/mol. The summed E-state index contributed by atoms with van der Waals surface area (Å²) in [6, 6.07) is 6.51. The molecule has 0 aromatic heterocycles. The molecule has 2 unspecified atom stereocenters. The molecule has 1 aromatic carbocycles. The van der Waals surface area contributed by atoms with E-state index in [0.29, 0.717) is 13.0 Å². The van der Waals surface area contributed by atoms with E-state index in [4.69, 9.17) is 10.9 Å². The highest BCUT2D eigenvalue weighted by atomic mass is 35.5. The van der Waals surface area contributed by atoms with Crippen molar-refractivity contribution in [1.29, 1.82) is 0 Å². The third-order valence-corrected chi connectivity index (χ3v) is 4.74. The van der Waals surface area contributed by atoms with Gasteiger partial charge >= 0.3 is 0 Å². The summed E-state index contributed by atoms with van der Waals surface area (Å²) in [5, 5.41) is 7.93. The largest absolute Gasteiger partial charge is 0.356 e. The van der Waals surface area contributed by atoms with Crippen molar-refractivity contribution in [2.24, 2.45) is 16.8 Å². The number of nitrogens with one attached hydrogen (secondary N) is 1. The van der Waals surface area contributed by atoms with Crippen LogP contribution in [0.4, 0.5) is 0 Å². The van der Waals surface area contributed by atoms with Crippen LogP contribution in [0.25, 0.3) is 0 Å². The van der Waals surface area contributed by atoms with E-state index in [2.05, 4.69) is 5.32 Å². The molecule has 1 aliphatic rings. The molecule has 1 aromatic rings. The van der Waals surface area contributed by atoms with Gasteiger partial charge in [0, 0.05) is 18.5 Å². The lowest BCUT2D eigenvalue weighted by Crippen LogP contribution is -2.31. The molecule has 5 N–H and O–H groups in total. The molecule has 22 heavy (non-hydrogen) atoms. The predicted molar refractivity (Wildman–Crippen MR) is 87.1 cm³/mol. The minimum atomic E-state index is -3.65. The Morgan fingerprint density at radius 1 is 1.23 bits per heavy atom. The predicted octanol–water partition coefficient (Wildman–Crippen LogP) is 0.542. The Hall–Kier alpha value is -1.15. The highest BCUT2D eigenvalue weighted by Gasteiger charge is 2.27. The van der Waals surface area contributed by atoms with Gasteiger partial charge in [-0.15, -0.1) is 12.4 Å². The summed E-state index contributed by atoms with van der Waals surface area (Å²) in [4.78, 5) is 12.0. The first-order valence-corrected chi connectivity index (χ1v) is 8.56. The van der Waals surface area contributed by atoms with Gasteiger partial charge in [-0.1, -0.05) is 12.1 Å². The van der Waals surface area contributed by atoms with Crippen LogP contribution in [0, 0.1) is 5.92 Å². The Labute approximate surface area is 137 Å². The second-order valence-corrected chi connectivity index (χ2v) is 7.06. The molecule has 124 valence electrons. The molecule has 0 saturated heterocycles. The first kappa shape index (κ1) is 18.9. The monoisotopic (exact) mass is 347 g/mol. The molecule has 0 radical (unpaired) electrons. The van der Waals surface area contributed by atoms with Crippen LogP contribution in [0.5, 0.6) is 0 Å². The molecule has 0 aliphatic heterocycles. The fourth-order valence-corrected chi connectivity index (χ4v) is 3.09. The van der Waals surface area contributed by atoms with Crippen molar-refractivity contribution in [3.8, 4) is 0 Å². The van der Waals surface area contributed by atoms with Gasteiger partial charge in [-0.25, -0.2) is 13.6 Å². The van der Waals surface area contributed by atoms with Gasteiger partial charge in [0.05, 0.1) is 4.90 Å². The second kappa shape index (κ2) is 7.92. The van der Waals surface area contributed by atoms with Crippen LogP contribution in [0.15, 0.2) is 29.2 Å². The molecule has 1 fully saturated rings. The van der Waals surface area contributed by atoms with Crippen molar-refractivity contribution in [2.75, 3.05) is 6.54 Å². The molecule has 8 heteroatoms. The summed E-state index contributed by atoms with van der Waals surface area (Å²) in [7, 11) is -3.65. The third-order valence-electron chi connectivity index (χ3n) is 3.81. The molecule has 0 bridgehead atoms. The van der Waals surface area contributed by atoms with Crippen molar-refractivity contribution in [1.82, 2.24) is 5.32 Å². The van der Waals surface area contributed by atoms with Crippen LogP contribution in [-0.2, 0) is 21.2 Å². The molecule has 2 atom stereocenters. The fourth-order valence-electron chi connectivity index (χ4n) is 2.57. The average Bonchev–Trinajstić information content (AvgIpc) is 2.85. The lowest BCUT2D eigenvalue weighted by Gasteiger charge is -2.10. The standard InChI is InChI=1S/C14H21N3O3S.ClH/c15-12-4-3-11(9-12)14(18)17-8-7-10-1-5-13(6-2-10)21(16,19)20;/h1-2,5-6,11-12H,3-4,7-9,15H2,(H,17,18)(H2,16,19,20);1H. The Kier molecular flexibility index (Phi) is 6.80. The Bertz CT molecular complexity index is 604. The molecule has 0 spiro atoms. The zero-order valence-electron chi connectivity index (χ0n) is 12.2. The van der Waals surface area contributed by atoms with Gasteiger partial charge in [0.15, 0.2) is 0 Å². The van der Waals surface area contributed by atoms with Crippen LogP contribution in [-0.4, -0.2) is 26.9 Å². The van der Waals surface area contributed by atoms with Crippen LogP contribution in [0.2, 0.25) is 0 Å². The maximum atomic E-state index is 11.9. The molecule has 6 nitrogen and oxygen atoms in total. The SMILES string of the molecule is Cl.NC1CCC(C(=O)NCCc2ccc(S(N)(=O)=O)cc2)C1. The van der Waals surface area contributed by atoms with Gasteiger partial charge in [-0.3, -0.25) is 4.79 Å². The maximum Gasteiger partial charge on any atom is 0.238 e. The number of amides is 1. The van der Waals surface area contributed by atoms with Gasteiger partial charge in [-0.2, -0.15) is 0 Å². The van der Waals surface area contributed by atoms with E-state index in [0.717, 1.165) is 24.8 Å². The number of hydrogen-bond acceptors (Lipinski definition) is 4. The number of sulfonamides is 1. The van der Waals surface area contributed by atoms with E-state index >= 15 is 0 Å². The average molecular weight is 348 g/mol. The molecular formula is C14H22ClN3O3S. The number of benzene rings is 1. The third kappa shape index (κ3) is 5.24. The van der Waals surface area contributed by atoms with Crippen molar-refractivity contribution < 1.29 is 13.2 Å². The van der Waals surface area contributed by atoms with Crippen molar-refractivity contribution in [3.63, 3.8) is 0 Å². The van der Waals surface area contributed by atoms with Crippen molar-refractivity contribution in [3.05, 3.63) is 29.8 Å². The van der Waals surface area contributed by atoms with Crippen molar-refractivity contribution >= 4 is 28.3 Å². The lowest BCUT2D eigenvalue weighted by atomic mass is 10.1.